The molecule has 0 spiro atoms. The number of amides is 2. The molecule has 17 heavy (non-hydrogen) atoms. The molecule has 0 unspecified atom stereocenters. The number of nitrogens with two attached hydrogens (primary N) is 1. The first kappa shape index (κ1) is 13.8. The fraction of sp³-hybridized carbons (Fsp3) is 0. The third-order valence-corrected chi connectivity index (χ3v) is 2.54. The number of carbonyl (C=O) groups is 1. The number of nitrogens with zero attached hydrogens (tertiary/aromatic N) is 1. The quantitative estimate of drug-likeness (QED) is 0.345. The van der Waals surface area contributed by atoms with Crippen LogP contribution in [-0.2, 0) is 0 Å². The van der Waals surface area contributed by atoms with Crippen molar-refractivity contribution in [2.45, 2.75) is 0 Å². The summed E-state index contributed by atoms with van der Waals surface area (Å²) in [4.78, 5) is 10.4. The largest absolute Gasteiger partial charge is 0.491 e. The zero-order valence-corrected chi connectivity index (χ0v) is 9.90. The molecule has 0 saturated carbocycles. The van der Waals surface area contributed by atoms with E-state index >= 15 is 0 Å². The fourth-order valence-corrected chi connectivity index (χ4v) is 1.70. The molecule has 0 aliphatic heterocycles. The summed E-state index contributed by atoms with van der Waals surface area (Å²) in [6, 6.07) is 2.10. The first-order valence-electron chi connectivity index (χ1n) is 4.36. The van der Waals surface area contributed by atoms with E-state index in [0.717, 1.165) is 0 Å². The number of urea groups is 1. The molecule has 6 nitrogen and oxygen atoms in total. The van der Waals surface area contributed by atoms with E-state index in [-0.39, 0.29) is 15.5 Å². The smallest absolute Gasteiger partial charge is 0.423 e. The summed E-state index contributed by atoms with van der Waals surface area (Å²) in [6.45, 7) is 0. The van der Waals surface area contributed by atoms with Gasteiger partial charge in [0.1, 0.15) is 0 Å². The van der Waals surface area contributed by atoms with Crippen molar-refractivity contribution in [2.24, 2.45) is 10.8 Å². The summed E-state index contributed by atoms with van der Waals surface area (Å²) in [7, 11) is -1.80. The number of benzene rings is 1. The number of carbonyl (C=O) groups excluding carboxylic acids is 1. The summed E-state index contributed by atoms with van der Waals surface area (Å²) in [5.41, 5.74) is 7.10. The maximum atomic E-state index is 10.4. The van der Waals surface area contributed by atoms with Gasteiger partial charge >= 0.3 is 13.1 Å². The molecule has 1 aromatic rings. The van der Waals surface area contributed by atoms with Crippen LogP contribution in [0, 0.1) is 0 Å². The maximum absolute atomic E-state index is 10.4. The van der Waals surface area contributed by atoms with Crippen molar-refractivity contribution in [3.63, 3.8) is 0 Å². The van der Waals surface area contributed by atoms with Crippen molar-refractivity contribution in [3.8, 4) is 0 Å². The molecule has 5 N–H and O–H groups in total. The average molecular weight is 276 g/mol. The summed E-state index contributed by atoms with van der Waals surface area (Å²) < 4.78 is 0. The Kier molecular flexibility index (Phi) is 4.77. The zero-order chi connectivity index (χ0) is 13.0. The van der Waals surface area contributed by atoms with Crippen LogP contribution in [0.15, 0.2) is 17.2 Å². The molecule has 9 heteroatoms. The number of hydrogen-bond donors (Lipinski definition) is 4. The standard InChI is InChI=1S/C8H8BCl2N3O3/c10-5-2-1-4(3-13-14-8(12)15)7(11)6(5)9(16)17/h1-3,16-17H,(H3,12,14,15). The van der Waals surface area contributed by atoms with Gasteiger partial charge in [-0.05, 0) is 6.07 Å². The Hall–Kier alpha value is -1.28. The summed E-state index contributed by atoms with van der Waals surface area (Å²) in [6.07, 6.45) is 1.20. The van der Waals surface area contributed by atoms with Gasteiger partial charge < -0.3 is 15.8 Å². The first-order valence-corrected chi connectivity index (χ1v) is 5.11. The van der Waals surface area contributed by atoms with Gasteiger partial charge in [0.2, 0.25) is 0 Å². The lowest BCUT2D eigenvalue weighted by Gasteiger charge is -2.07. The van der Waals surface area contributed by atoms with Gasteiger partial charge in [0.15, 0.2) is 0 Å². The second-order valence-corrected chi connectivity index (χ2v) is 3.76. The lowest BCUT2D eigenvalue weighted by atomic mass is 9.79. The highest BCUT2D eigenvalue weighted by atomic mass is 35.5. The highest BCUT2D eigenvalue weighted by molar-refractivity contribution is 6.66. The van der Waals surface area contributed by atoms with Gasteiger partial charge in [0.05, 0.1) is 11.2 Å². The highest BCUT2D eigenvalue weighted by Gasteiger charge is 2.20. The predicted octanol–water partition coefficient (Wildman–Crippen LogP) is -0.325. The Labute approximate surface area is 107 Å². The van der Waals surface area contributed by atoms with Crippen LogP contribution in [0.25, 0.3) is 0 Å². The van der Waals surface area contributed by atoms with Gasteiger partial charge in [-0.2, -0.15) is 5.10 Å². The van der Waals surface area contributed by atoms with Crippen LogP contribution in [0.4, 0.5) is 4.79 Å². The predicted molar refractivity (Wildman–Crippen MR) is 66.6 cm³/mol. The van der Waals surface area contributed by atoms with Crippen LogP contribution in [0.5, 0.6) is 0 Å². The zero-order valence-electron chi connectivity index (χ0n) is 8.39. The van der Waals surface area contributed by atoms with Crippen molar-refractivity contribution in [1.29, 1.82) is 0 Å². The third-order valence-electron chi connectivity index (χ3n) is 1.79. The van der Waals surface area contributed by atoms with E-state index in [9.17, 15) is 4.79 Å². The number of rotatable bonds is 3. The van der Waals surface area contributed by atoms with Crippen molar-refractivity contribution in [3.05, 3.63) is 27.7 Å². The molecular formula is C8H8BCl2N3O3. The minimum atomic E-state index is -1.80. The van der Waals surface area contributed by atoms with E-state index < -0.39 is 13.1 Å². The average Bonchev–Trinajstić information content (AvgIpc) is 2.20. The molecule has 90 valence electrons. The highest BCUT2D eigenvalue weighted by Crippen LogP contribution is 2.17. The lowest BCUT2D eigenvalue weighted by Crippen LogP contribution is -2.32. The van der Waals surface area contributed by atoms with Crippen molar-refractivity contribution < 1.29 is 14.8 Å². The molecule has 0 aliphatic rings. The van der Waals surface area contributed by atoms with Crippen LogP contribution < -0.4 is 16.6 Å². The van der Waals surface area contributed by atoms with Crippen LogP contribution in [0.1, 0.15) is 5.56 Å². The van der Waals surface area contributed by atoms with Gasteiger partial charge in [0.25, 0.3) is 0 Å². The number of nitrogens with one attached hydrogen (secondary N) is 1. The number of primary amides is 1. The lowest BCUT2D eigenvalue weighted by molar-refractivity contribution is 0.249. The second kappa shape index (κ2) is 5.88. The molecule has 1 rings (SSSR count). The Balaban J connectivity index is 3.06. The summed E-state index contributed by atoms with van der Waals surface area (Å²) >= 11 is 11.6. The van der Waals surface area contributed by atoms with Crippen molar-refractivity contribution in [2.75, 3.05) is 0 Å². The van der Waals surface area contributed by atoms with E-state index in [1.165, 1.54) is 18.3 Å². The van der Waals surface area contributed by atoms with Gasteiger partial charge in [-0.3, -0.25) is 0 Å². The Morgan fingerprint density at radius 1 is 1.47 bits per heavy atom. The SMILES string of the molecule is NC(=O)NN=Cc1ccc(Cl)c(B(O)O)c1Cl. The van der Waals surface area contributed by atoms with Crippen LogP contribution in [0.3, 0.4) is 0 Å². The first-order chi connectivity index (χ1) is 7.93. The molecule has 2 amide bonds. The number of hydrogen-bond acceptors (Lipinski definition) is 4. The molecule has 0 aromatic heterocycles. The second-order valence-electron chi connectivity index (χ2n) is 2.97. The molecule has 0 atom stereocenters. The Morgan fingerprint density at radius 3 is 2.65 bits per heavy atom. The molecule has 0 saturated heterocycles. The van der Waals surface area contributed by atoms with Crippen molar-refractivity contribution in [1.82, 2.24) is 5.43 Å². The van der Waals surface area contributed by atoms with E-state index in [1.54, 1.807) is 0 Å². The normalized spacial score (nSPS) is 10.6. The Morgan fingerprint density at radius 2 is 2.12 bits per heavy atom. The molecule has 0 heterocycles. The van der Waals surface area contributed by atoms with Gasteiger partial charge in [0, 0.05) is 16.0 Å². The monoisotopic (exact) mass is 275 g/mol. The maximum Gasteiger partial charge on any atom is 0.491 e. The molecule has 0 bridgehead atoms. The van der Waals surface area contributed by atoms with Crippen LogP contribution in [-0.4, -0.2) is 29.4 Å². The van der Waals surface area contributed by atoms with Crippen LogP contribution in [0.2, 0.25) is 10.0 Å². The minimum absolute atomic E-state index is 0.0301. The fourth-order valence-electron chi connectivity index (χ4n) is 1.09. The van der Waals surface area contributed by atoms with E-state index in [1.807, 2.05) is 5.43 Å². The molecule has 0 aliphatic carbocycles. The third kappa shape index (κ3) is 3.60. The summed E-state index contributed by atoms with van der Waals surface area (Å²) in [5, 5.41) is 21.8. The molecule has 0 radical (unpaired) electrons. The molecule has 1 aromatic carbocycles. The van der Waals surface area contributed by atoms with E-state index in [4.69, 9.17) is 39.0 Å². The Bertz CT molecular complexity index is 468. The van der Waals surface area contributed by atoms with Crippen molar-refractivity contribution >= 4 is 48.0 Å². The minimum Gasteiger partial charge on any atom is -0.423 e. The van der Waals surface area contributed by atoms with E-state index in [0.29, 0.717) is 5.56 Å². The van der Waals surface area contributed by atoms with Gasteiger partial charge in [-0.1, -0.05) is 29.3 Å². The molecule has 0 fully saturated rings. The van der Waals surface area contributed by atoms with Crippen LogP contribution >= 0.6 is 23.2 Å². The van der Waals surface area contributed by atoms with Gasteiger partial charge in [-0.15, -0.1) is 0 Å². The number of halogens is 2. The van der Waals surface area contributed by atoms with Gasteiger partial charge in [-0.25, -0.2) is 10.2 Å². The summed E-state index contributed by atoms with van der Waals surface area (Å²) in [5.74, 6) is 0. The topological polar surface area (TPSA) is 108 Å². The van der Waals surface area contributed by atoms with E-state index in [2.05, 4.69) is 5.10 Å². The molecular weight excluding hydrogens is 268 g/mol. The number of hydrazone groups is 1.